The molecule has 1 unspecified atom stereocenters. The number of carboxylic acids is 1. The summed E-state index contributed by atoms with van der Waals surface area (Å²) in [6.45, 7) is -0.809. The van der Waals surface area contributed by atoms with Crippen LogP contribution < -0.4 is 5.32 Å². The van der Waals surface area contributed by atoms with Crippen LogP contribution in [0.3, 0.4) is 0 Å². The minimum absolute atomic E-state index is 0.00453. The van der Waals surface area contributed by atoms with E-state index in [1.807, 2.05) is 0 Å². The molecule has 0 radical (unpaired) electrons. The Labute approximate surface area is 130 Å². The van der Waals surface area contributed by atoms with Gasteiger partial charge in [-0.15, -0.1) is 0 Å². The average Bonchev–Trinajstić information content (AvgIpc) is 2.43. The number of aliphatic hydroxyl groups excluding tert-OH is 1. The fourth-order valence-corrected chi connectivity index (χ4v) is 2.05. The molecule has 2 rings (SSSR count). The van der Waals surface area contributed by atoms with Gasteiger partial charge in [-0.3, -0.25) is 0 Å². The number of nitrogens with zero attached hydrogens (tertiary/aromatic N) is 2. The van der Waals surface area contributed by atoms with Gasteiger partial charge < -0.3 is 15.5 Å². The lowest BCUT2D eigenvalue weighted by atomic mass is 10.2. The Bertz CT molecular complexity index is 724. The number of hydrogen-bond acceptors (Lipinski definition) is 5. The first kappa shape index (κ1) is 16.4. The van der Waals surface area contributed by atoms with Gasteiger partial charge >= 0.3 is 12.1 Å². The average molecular weight is 380 g/mol. The number of aromatic nitrogens is 2. The molecule has 1 aromatic carbocycles. The number of carboxylic acid groups (broad SMARTS) is 1. The second kappa shape index (κ2) is 6.05. The Kier molecular flexibility index (Phi) is 4.52. The molecule has 0 saturated heterocycles. The number of halogens is 4. The molecule has 0 aliphatic heterocycles. The first-order valence-corrected chi connectivity index (χ1v) is 6.66. The summed E-state index contributed by atoms with van der Waals surface area (Å²) in [5.41, 5.74) is -0.00453. The number of rotatable bonds is 4. The molecule has 6 nitrogen and oxygen atoms in total. The molecule has 10 heteroatoms. The van der Waals surface area contributed by atoms with Crippen LogP contribution in [0.5, 0.6) is 0 Å². The summed E-state index contributed by atoms with van der Waals surface area (Å²) in [7, 11) is 0. The SMILES string of the molecule is O=C(O)C(CO)Nc1nc(C(F)(F)F)nc2ccc(Br)cc12. The monoisotopic (exact) mass is 379 g/mol. The minimum Gasteiger partial charge on any atom is -0.480 e. The van der Waals surface area contributed by atoms with Crippen molar-refractivity contribution >= 4 is 38.6 Å². The summed E-state index contributed by atoms with van der Waals surface area (Å²) in [6.07, 6.45) is -4.78. The Morgan fingerprint density at radius 2 is 2.05 bits per heavy atom. The smallest absolute Gasteiger partial charge is 0.451 e. The maximum atomic E-state index is 12.8. The molecule has 0 fully saturated rings. The molecule has 1 heterocycles. The quantitative estimate of drug-likeness (QED) is 0.754. The zero-order valence-electron chi connectivity index (χ0n) is 10.7. The zero-order valence-corrected chi connectivity index (χ0v) is 12.3. The summed E-state index contributed by atoms with van der Waals surface area (Å²) in [4.78, 5) is 17.7. The molecule has 0 bridgehead atoms. The molecule has 2 aromatic rings. The van der Waals surface area contributed by atoms with E-state index in [0.29, 0.717) is 4.47 Å². The number of alkyl halides is 3. The molecule has 0 aliphatic rings. The van der Waals surface area contributed by atoms with Crippen LogP contribution in [0.2, 0.25) is 0 Å². The van der Waals surface area contributed by atoms with Gasteiger partial charge in [0, 0.05) is 9.86 Å². The van der Waals surface area contributed by atoms with Gasteiger partial charge in [-0.25, -0.2) is 14.8 Å². The van der Waals surface area contributed by atoms with Crippen LogP contribution in [0, 0.1) is 0 Å². The standard InChI is InChI=1S/C12H9BrF3N3O3/c13-5-1-2-7-6(3-5)9(17-8(4-20)10(21)22)19-11(18-7)12(14,15)16/h1-3,8,20H,4H2,(H,21,22)(H,17,18,19). The summed E-state index contributed by atoms with van der Waals surface area (Å²) in [6, 6.07) is 2.81. The lowest BCUT2D eigenvalue weighted by molar-refractivity contribution is -0.144. The third kappa shape index (κ3) is 3.45. The van der Waals surface area contributed by atoms with Crippen molar-refractivity contribution in [3.63, 3.8) is 0 Å². The molecule has 0 amide bonds. The largest absolute Gasteiger partial charge is 0.480 e. The molecule has 118 valence electrons. The van der Waals surface area contributed by atoms with Gasteiger partial charge in [0.2, 0.25) is 5.82 Å². The molecule has 0 aliphatic carbocycles. The van der Waals surface area contributed by atoms with Crippen molar-refractivity contribution in [1.82, 2.24) is 9.97 Å². The number of carbonyl (C=O) groups is 1. The van der Waals surface area contributed by atoms with Crippen molar-refractivity contribution in [1.29, 1.82) is 0 Å². The summed E-state index contributed by atoms with van der Waals surface area (Å²) >= 11 is 3.17. The Morgan fingerprint density at radius 3 is 2.59 bits per heavy atom. The highest BCUT2D eigenvalue weighted by molar-refractivity contribution is 9.10. The molecule has 0 saturated carbocycles. The van der Waals surface area contributed by atoms with Crippen molar-refractivity contribution in [3.8, 4) is 0 Å². The number of aliphatic hydroxyl groups is 1. The fraction of sp³-hybridized carbons (Fsp3) is 0.250. The second-order valence-electron chi connectivity index (χ2n) is 4.27. The van der Waals surface area contributed by atoms with Crippen molar-refractivity contribution in [3.05, 3.63) is 28.5 Å². The minimum atomic E-state index is -4.78. The van der Waals surface area contributed by atoms with E-state index in [1.54, 1.807) is 0 Å². The van der Waals surface area contributed by atoms with Crippen LogP contribution >= 0.6 is 15.9 Å². The van der Waals surface area contributed by atoms with Crippen molar-refractivity contribution in [2.75, 3.05) is 11.9 Å². The number of hydrogen-bond donors (Lipinski definition) is 3. The van der Waals surface area contributed by atoms with Crippen molar-refractivity contribution < 1.29 is 28.2 Å². The number of anilines is 1. The molecule has 3 N–H and O–H groups in total. The van der Waals surface area contributed by atoms with E-state index in [0.717, 1.165) is 0 Å². The second-order valence-corrected chi connectivity index (χ2v) is 5.19. The van der Waals surface area contributed by atoms with E-state index < -0.39 is 30.6 Å². The van der Waals surface area contributed by atoms with Crippen LogP contribution in [-0.4, -0.2) is 38.8 Å². The lowest BCUT2D eigenvalue weighted by Gasteiger charge is -2.16. The topological polar surface area (TPSA) is 95.3 Å². The van der Waals surface area contributed by atoms with Gasteiger partial charge in [0.05, 0.1) is 12.1 Å². The van der Waals surface area contributed by atoms with Gasteiger partial charge in [0.25, 0.3) is 0 Å². The maximum Gasteiger partial charge on any atom is 0.451 e. The van der Waals surface area contributed by atoms with Crippen LogP contribution in [0.15, 0.2) is 22.7 Å². The molecule has 22 heavy (non-hydrogen) atoms. The highest BCUT2D eigenvalue weighted by atomic mass is 79.9. The van der Waals surface area contributed by atoms with Gasteiger partial charge in [-0.1, -0.05) is 15.9 Å². The Hall–Kier alpha value is -1.94. The Balaban J connectivity index is 2.62. The van der Waals surface area contributed by atoms with E-state index in [1.165, 1.54) is 18.2 Å². The predicted octanol–water partition coefficient (Wildman–Crippen LogP) is 2.27. The van der Waals surface area contributed by atoms with Crippen LogP contribution in [0.4, 0.5) is 19.0 Å². The Morgan fingerprint density at radius 1 is 1.36 bits per heavy atom. The highest BCUT2D eigenvalue weighted by Crippen LogP contribution is 2.31. The van der Waals surface area contributed by atoms with E-state index in [4.69, 9.17) is 10.2 Å². The highest BCUT2D eigenvalue weighted by Gasteiger charge is 2.36. The van der Waals surface area contributed by atoms with E-state index >= 15 is 0 Å². The summed E-state index contributed by atoms with van der Waals surface area (Å²) < 4.78 is 39.0. The number of fused-ring (bicyclic) bond motifs is 1. The molecular weight excluding hydrogens is 371 g/mol. The number of aliphatic carboxylic acids is 1. The molecule has 1 atom stereocenters. The lowest BCUT2D eigenvalue weighted by Crippen LogP contribution is -2.33. The van der Waals surface area contributed by atoms with Crippen LogP contribution in [-0.2, 0) is 11.0 Å². The molecule has 1 aromatic heterocycles. The van der Waals surface area contributed by atoms with Gasteiger partial charge in [0.1, 0.15) is 11.9 Å². The van der Waals surface area contributed by atoms with E-state index in [9.17, 15) is 18.0 Å². The van der Waals surface area contributed by atoms with Gasteiger partial charge in [-0.2, -0.15) is 13.2 Å². The zero-order chi connectivity index (χ0) is 16.5. The predicted molar refractivity (Wildman–Crippen MR) is 74.4 cm³/mol. The van der Waals surface area contributed by atoms with Crippen molar-refractivity contribution in [2.45, 2.75) is 12.2 Å². The molecular formula is C12H9BrF3N3O3. The molecule has 0 spiro atoms. The number of benzene rings is 1. The van der Waals surface area contributed by atoms with Crippen LogP contribution in [0.1, 0.15) is 5.82 Å². The van der Waals surface area contributed by atoms with Gasteiger partial charge in [-0.05, 0) is 18.2 Å². The maximum absolute atomic E-state index is 12.8. The first-order valence-electron chi connectivity index (χ1n) is 5.87. The van der Waals surface area contributed by atoms with E-state index in [-0.39, 0.29) is 16.7 Å². The summed E-state index contributed by atoms with van der Waals surface area (Å²) in [5, 5.41) is 20.4. The van der Waals surface area contributed by atoms with Crippen LogP contribution in [0.25, 0.3) is 10.9 Å². The van der Waals surface area contributed by atoms with Crippen molar-refractivity contribution in [2.24, 2.45) is 0 Å². The fourth-order valence-electron chi connectivity index (χ4n) is 1.69. The van der Waals surface area contributed by atoms with Gasteiger partial charge in [0.15, 0.2) is 0 Å². The normalized spacial score (nSPS) is 13.1. The third-order valence-electron chi connectivity index (χ3n) is 2.70. The summed E-state index contributed by atoms with van der Waals surface area (Å²) in [5.74, 6) is -3.13. The third-order valence-corrected chi connectivity index (χ3v) is 3.20. The first-order chi connectivity index (χ1) is 10.2. The van der Waals surface area contributed by atoms with E-state index in [2.05, 4.69) is 31.2 Å². The number of nitrogens with one attached hydrogen (secondary N) is 1.